The topological polar surface area (TPSA) is 90.5 Å². The number of hydrogen-bond donors (Lipinski definition) is 3. The molecule has 29 heavy (non-hydrogen) atoms. The van der Waals surface area contributed by atoms with Crippen molar-refractivity contribution in [1.82, 2.24) is 20.9 Å². The molecule has 3 atom stereocenters. The highest BCUT2D eigenvalue weighted by Gasteiger charge is 2.48. The number of nitrogens with one attached hydrogen (secondary N) is 3. The highest BCUT2D eigenvalue weighted by atomic mass is 16.2. The first-order valence-electron chi connectivity index (χ1n) is 10.7. The molecule has 4 aliphatic rings. The van der Waals surface area contributed by atoms with Crippen LogP contribution < -0.4 is 16.0 Å². The standard InChI is InChI=1S/C22H28N4O3/c27-19-4-3-18(20(28)25-19)26-12-15-2-1-14(9-17(15)21(26)29)10-23-8-7-22-6-5-16(22)11-24-13-22/h1-2,9,16,18,23-24H,3-8,10-13H2,(H,25,27,28). The summed E-state index contributed by atoms with van der Waals surface area (Å²) >= 11 is 0. The molecule has 0 bridgehead atoms. The van der Waals surface area contributed by atoms with Crippen molar-refractivity contribution in [3.63, 3.8) is 0 Å². The summed E-state index contributed by atoms with van der Waals surface area (Å²) < 4.78 is 0. The Morgan fingerprint density at radius 1 is 1.21 bits per heavy atom. The normalized spacial score (nSPS) is 30.8. The lowest BCUT2D eigenvalue weighted by molar-refractivity contribution is -0.136. The lowest BCUT2D eigenvalue weighted by atomic mass is 9.60. The Bertz CT molecular complexity index is 870. The highest BCUT2D eigenvalue weighted by molar-refractivity contribution is 6.05. The molecule has 0 aromatic heterocycles. The molecule has 3 heterocycles. The zero-order valence-corrected chi connectivity index (χ0v) is 16.6. The van der Waals surface area contributed by atoms with Crippen molar-refractivity contribution in [2.75, 3.05) is 19.6 Å². The number of imide groups is 1. The van der Waals surface area contributed by atoms with Crippen molar-refractivity contribution >= 4 is 17.7 Å². The van der Waals surface area contributed by atoms with E-state index in [1.807, 2.05) is 12.1 Å². The molecule has 0 radical (unpaired) electrons. The summed E-state index contributed by atoms with van der Waals surface area (Å²) in [7, 11) is 0. The molecule has 1 aromatic rings. The van der Waals surface area contributed by atoms with E-state index in [-0.39, 0.29) is 24.1 Å². The molecule has 3 N–H and O–H groups in total. The van der Waals surface area contributed by atoms with Crippen LogP contribution in [0, 0.1) is 11.3 Å². The van der Waals surface area contributed by atoms with Crippen LogP contribution in [0.5, 0.6) is 0 Å². The second-order valence-corrected chi connectivity index (χ2v) is 9.05. The fraction of sp³-hybridized carbons (Fsp3) is 0.591. The number of carbonyl (C=O) groups excluding carboxylic acids is 3. The molecule has 5 rings (SSSR count). The molecule has 1 aliphatic carbocycles. The van der Waals surface area contributed by atoms with Crippen LogP contribution in [0.3, 0.4) is 0 Å². The van der Waals surface area contributed by atoms with Gasteiger partial charge in [0.25, 0.3) is 5.91 Å². The van der Waals surface area contributed by atoms with E-state index in [9.17, 15) is 14.4 Å². The molecule has 1 saturated carbocycles. The second-order valence-electron chi connectivity index (χ2n) is 9.05. The first-order valence-corrected chi connectivity index (χ1v) is 10.7. The van der Waals surface area contributed by atoms with Crippen molar-refractivity contribution in [3.05, 3.63) is 34.9 Å². The van der Waals surface area contributed by atoms with Gasteiger partial charge in [0, 0.05) is 31.6 Å². The van der Waals surface area contributed by atoms with Gasteiger partial charge in [0.15, 0.2) is 0 Å². The third-order valence-electron chi connectivity index (χ3n) is 7.45. The SMILES string of the molecule is O=C1CCC(N2Cc3ccc(CNCCC45CCC4CNC5)cc3C2=O)C(=O)N1. The minimum Gasteiger partial charge on any atom is -0.322 e. The molecule has 3 fully saturated rings. The van der Waals surface area contributed by atoms with Gasteiger partial charge >= 0.3 is 0 Å². The van der Waals surface area contributed by atoms with E-state index >= 15 is 0 Å². The van der Waals surface area contributed by atoms with Gasteiger partial charge in [-0.3, -0.25) is 19.7 Å². The number of hydrogen-bond acceptors (Lipinski definition) is 5. The van der Waals surface area contributed by atoms with Crippen molar-refractivity contribution in [1.29, 1.82) is 0 Å². The molecular weight excluding hydrogens is 368 g/mol. The zero-order valence-electron chi connectivity index (χ0n) is 16.6. The van der Waals surface area contributed by atoms with Crippen LogP contribution in [0.1, 0.15) is 53.6 Å². The van der Waals surface area contributed by atoms with Gasteiger partial charge in [-0.1, -0.05) is 12.1 Å². The summed E-state index contributed by atoms with van der Waals surface area (Å²) in [6.45, 7) is 4.50. The van der Waals surface area contributed by atoms with Crippen molar-refractivity contribution in [2.24, 2.45) is 11.3 Å². The number of piperidine rings is 1. The molecule has 154 valence electrons. The van der Waals surface area contributed by atoms with Crippen LogP contribution in [0.2, 0.25) is 0 Å². The molecule has 1 aromatic carbocycles. The third kappa shape index (κ3) is 3.26. The minimum absolute atomic E-state index is 0.107. The Balaban J connectivity index is 1.18. The van der Waals surface area contributed by atoms with E-state index in [0.717, 1.165) is 36.7 Å². The van der Waals surface area contributed by atoms with Crippen LogP contribution in [-0.2, 0) is 22.7 Å². The van der Waals surface area contributed by atoms with E-state index in [0.29, 0.717) is 23.9 Å². The molecular formula is C22H28N4O3. The van der Waals surface area contributed by atoms with Gasteiger partial charge in [-0.25, -0.2) is 0 Å². The first kappa shape index (κ1) is 18.8. The maximum absolute atomic E-state index is 12.9. The quantitative estimate of drug-likeness (QED) is 0.492. The zero-order chi connectivity index (χ0) is 20.0. The van der Waals surface area contributed by atoms with Crippen LogP contribution in [0.15, 0.2) is 18.2 Å². The Hall–Kier alpha value is -2.25. The largest absolute Gasteiger partial charge is 0.322 e. The van der Waals surface area contributed by atoms with E-state index in [2.05, 4.69) is 22.0 Å². The molecule has 3 unspecified atom stereocenters. The van der Waals surface area contributed by atoms with Crippen molar-refractivity contribution in [2.45, 2.75) is 51.2 Å². The molecule has 3 aliphatic heterocycles. The smallest absolute Gasteiger partial charge is 0.255 e. The summed E-state index contributed by atoms with van der Waals surface area (Å²) in [5.41, 5.74) is 3.25. The van der Waals surface area contributed by atoms with E-state index in [4.69, 9.17) is 0 Å². The van der Waals surface area contributed by atoms with E-state index < -0.39 is 6.04 Å². The lowest BCUT2D eigenvalue weighted by Crippen LogP contribution is -2.52. The highest BCUT2D eigenvalue weighted by Crippen LogP contribution is 2.51. The average molecular weight is 396 g/mol. The van der Waals surface area contributed by atoms with Crippen molar-refractivity contribution in [3.8, 4) is 0 Å². The minimum atomic E-state index is -0.552. The van der Waals surface area contributed by atoms with Gasteiger partial charge < -0.3 is 15.5 Å². The maximum Gasteiger partial charge on any atom is 0.255 e. The van der Waals surface area contributed by atoms with Gasteiger partial charge in [-0.05, 0) is 67.3 Å². The molecule has 2 saturated heterocycles. The van der Waals surface area contributed by atoms with Crippen molar-refractivity contribution < 1.29 is 14.4 Å². The second kappa shape index (κ2) is 7.22. The van der Waals surface area contributed by atoms with Gasteiger partial charge in [-0.2, -0.15) is 0 Å². The van der Waals surface area contributed by atoms with E-state index in [1.165, 1.54) is 25.8 Å². The predicted octanol–water partition coefficient (Wildman–Crippen LogP) is 0.927. The number of amides is 3. The summed E-state index contributed by atoms with van der Waals surface area (Å²) in [5, 5.41) is 9.43. The maximum atomic E-state index is 12.9. The Kier molecular flexibility index (Phi) is 4.67. The van der Waals surface area contributed by atoms with Crippen LogP contribution in [-0.4, -0.2) is 48.3 Å². The summed E-state index contributed by atoms with van der Waals surface area (Å²) in [6, 6.07) is 5.47. The van der Waals surface area contributed by atoms with Gasteiger partial charge in [0.2, 0.25) is 11.8 Å². The van der Waals surface area contributed by atoms with Gasteiger partial charge in [0.1, 0.15) is 6.04 Å². The van der Waals surface area contributed by atoms with E-state index in [1.54, 1.807) is 4.90 Å². The summed E-state index contributed by atoms with van der Waals surface area (Å²) in [5.74, 6) is 0.133. The van der Waals surface area contributed by atoms with Crippen LogP contribution >= 0.6 is 0 Å². The summed E-state index contributed by atoms with van der Waals surface area (Å²) in [4.78, 5) is 38.0. The number of benzene rings is 1. The number of fused-ring (bicyclic) bond motifs is 2. The Labute approximate surface area is 170 Å². The number of nitrogens with zero attached hydrogens (tertiary/aromatic N) is 1. The van der Waals surface area contributed by atoms with Crippen LogP contribution in [0.4, 0.5) is 0 Å². The Morgan fingerprint density at radius 2 is 2.10 bits per heavy atom. The third-order valence-corrected chi connectivity index (χ3v) is 7.45. The van der Waals surface area contributed by atoms with Gasteiger partial charge in [-0.15, -0.1) is 0 Å². The molecule has 7 nitrogen and oxygen atoms in total. The number of carbonyl (C=O) groups is 3. The van der Waals surface area contributed by atoms with Crippen LogP contribution in [0.25, 0.3) is 0 Å². The molecule has 0 spiro atoms. The monoisotopic (exact) mass is 396 g/mol. The first-order chi connectivity index (χ1) is 14.1. The molecule has 3 amide bonds. The fourth-order valence-electron chi connectivity index (χ4n) is 5.50. The number of rotatable bonds is 6. The van der Waals surface area contributed by atoms with Gasteiger partial charge in [0.05, 0.1) is 0 Å². The average Bonchev–Trinajstić information content (AvgIpc) is 3.16. The summed E-state index contributed by atoms with van der Waals surface area (Å²) in [6.07, 6.45) is 4.59. The molecule has 7 heteroatoms. The Morgan fingerprint density at radius 3 is 2.86 bits per heavy atom. The predicted molar refractivity (Wildman–Crippen MR) is 107 cm³/mol. The fourth-order valence-corrected chi connectivity index (χ4v) is 5.50. The lowest BCUT2D eigenvalue weighted by Gasteiger charge is -2.44.